The van der Waals surface area contributed by atoms with Gasteiger partial charge >= 0.3 is 0 Å². The average molecular weight is 335 g/mol. The van der Waals surface area contributed by atoms with Crippen molar-refractivity contribution in [3.8, 4) is 0 Å². The lowest BCUT2D eigenvalue weighted by molar-refractivity contribution is 0.249. The zero-order valence-corrected chi connectivity index (χ0v) is 13.5. The van der Waals surface area contributed by atoms with Gasteiger partial charge in [0.15, 0.2) is 0 Å². The fourth-order valence-electron chi connectivity index (χ4n) is 2.73. The lowest BCUT2D eigenvalue weighted by Gasteiger charge is -2.35. The first kappa shape index (κ1) is 13.8. The summed E-state index contributed by atoms with van der Waals surface area (Å²) in [6, 6.07) is 6.80. The Kier molecular flexibility index (Phi) is 3.89. The zero-order valence-electron chi connectivity index (χ0n) is 11.9. The summed E-state index contributed by atoms with van der Waals surface area (Å²) < 4.78 is 1.06. The van der Waals surface area contributed by atoms with Gasteiger partial charge in [-0.3, -0.25) is 0 Å². The molecule has 0 aliphatic carbocycles. The van der Waals surface area contributed by atoms with Crippen molar-refractivity contribution in [1.29, 1.82) is 0 Å². The van der Waals surface area contributed by atoms with Crippen LogP contribution >= 0.6 is 15.9 Å². The van der Waals surface area contributed by atoms with E-state index in [2.05, 4.69) is 50.9 Å². The van der Waals surface area contributed by atoms with Crippen molar-refractivity contribution in [1.82, 2.24) is 14.9 Å². The smallest absolute Gasteiger partial charge is 0.225 e. The molecule has 1 aliphatic rings. The van der Waals surface area contributed by atoms with Crippen molar-refractivity contribution >= 4 is 32.8 Å². The van der Waals surface area contributed by atoms with Crippen LogP contribution in [0.3, 0.4) is 0 Å². The normalized spacial score (nSPS) is 17.1. The van der Waals surface area contributed by atoms with Gasteiger partial charge in [-0.2, -0.15) is 0 Å². The third kappa shape index (κ3) is 2.79. The van der Waals surface area contributed by atoms with Crippen LogP contribution in [0.2, 0.25) is 0 Å². The Morgan fingerprint density at radius 3 is 2.70 bits per heavy atom. The Bertz CT molecular complexity index is 606. The number of fused-ring (bicyclic) bond motifs is 1. The van der Waals surface area contributed by atoms with E-state index in [1.54, 1.807) is 0 Å². The number of halogens is 1. The summed E-state index contributed by atoms with van der Waals surface area (Å²) in [6.07, 6.45) is 4.27. The van der Waals surface area contributed by atoms with E-state index >= 15 is 0 Å². The molecule has 0 unspecified atom stereocenters. The van der Waals surface area contributed by atoms with E-state index in [1.807, 2.05) is 18.3 Å². The van der Waals surface area contributed by atoms with E-state index in [0.29, 0.717) is 6.04 Å². The van der Waals surface area contributed by atoms with Gasteiger partial charge in [-0.15, -0.1) is 0 Å². The number of hydrogen-bond acceptors (Lipinski definition) is 4. The molecule has 1 aromatic carbocycles. The summed E-state index contributed by atoms with van der Waals surface area (Å²) in [5.41, 5.74) is 1.01. The minimum atomic E-state index is 0.683. The summed E-state index contributed by atoms with van der Waals surface area (Å²) in [5.74, 6) is 0.858. The first-order valence-electron chi connectivity index (χ1n) is 6.97. The highest BCUT2D eigenvalue weighted by Crippen LogP contribution is 2.22. The Balaban J connectivity index is 1.79. The molecule has 5 heteroatoms. The molecule has 0 saturated carbocycles. The minimum Gasteiger partial charge on any atom is -0.341 e. The second-order valence-electron chi connectivity index (χ2n) is 5.55. The Morgan fingerprint density at radius 1 is 1.25 bits per heavy atom. The molecule has 0 bridgehead atoms. The fourth-order valence-corrected chi connectivity index (χ4v) is 3.11. The van der Waals surface area contributed by atoms with Gasteiger partial charge in [0.25, 0.3) is 0 Å². The first-order chi connectivity index (χ1) is 9.63. The third-order valence-electron chi connectivity index (χ3n) is 4.01. The summed E-state index contributed by atoms with van der Waals surface area (Å²) in [7, 11) is 4.31. The zero-order chi connectivity index (χ0) is 14.1. The molecule has 3 rings (SSSR count). The second-order valence-corrected chi connectivity index (χ2v) is 6.47. The van der Waals surface area contributed by atoms with Gasteiger partial charge in [0.05, 0.1) is 5.52 Å². The van der Waals surface area contributed by atoms with E-state index in [1.165, 1.54) is 12.8 Å². The van der Waals surface area contributed by atoms with Crippen LogP contribution in [0.15, 0.2) is 28.9 Å². The molecule has 1 saturated heterocycles. The van der Waals surface area contributed by atoms with E-state index in [4.69, 9.17) is 4.98 Å². The van der Waals surface area contributed by atoms with Crippen LogP contribution in [0, 0.1) is 0 Å². The van der Waals surface area contributed by atoms with Gasteiger partial charge in [-0.1, -0.05) is 15.9 Å². The molecule has 0 radical (unpaired) electrons. The molecule has 106 valence electrons. The van der Waals surface area contributed by atoms with Gasteiger partial charge in [0.1, 0.15) is 0 Å². The lowest BCUT2D eigenvalue weighted by Crippen LogP contribution is -2.42. The van der Waals surface area contributed by atoms with Gasteiger partial charge < -0.3 is 9.80 Å². The van der Waals surface area contributed by atoms with Crippen molar-refractivity contribution in [3.63, 3.8) is 0 Å². The van der Waals surface area contributed by atoms with Crippen LogP contribution < -0.4 is 4.90 Å². The molecule has 4 nitrogen and oxygen atoms in total. The predicted octanol–water partition coefficient (Wildman–Crippen LogP) is 2.92. The number of rotatable bonds is 2. The van der Waals surface area contributed by atoms with E-state index in [0.717, 1.165) is 34.4 Å². The molecule has 1 aliphatic heterocycles. The SMILES string of the molecule is CN(C)C1CCN(c2ncc3cc(Br)ccc3n2)CC1. The van der Waals surface area contributed by atoms with Crippen LogP contribution in [0.1, 0.15) is 12.8 Å². The van der Waals surface area contributed by atoms with Gasteiger partial charge in [-0.25, -0.2) is 9.97 Å². The highest BCUT2D eigenvalue weighted by Gasteiger charge is 2.22. The predicted molar refractivity (Wildman–Crippen MR) is 86.2 cm³/mol. The third-order valence-corrected chi connectivity index (χ3v) is 4.50. The quantitative estimate of drug-likeness (QED) is 0.845. The van der Waals surface area contributed by atoms with Crippen molar-refractivity contribution in [3.05, 3.63) is 28.9 Å². The Hall–Kier alpha value is -1.20. The maximum absolute atomic E-state index is 4.69. The van der Waals surface area contributed by atoms with Crippen LogP contribution in [-0.2, 0) is 0 Å². The largest absolute Gasteiger partial charge is 0.341 e. The maximum Gasteiger partial charge on any atom is 0.225 e. The topological polar surface area (TPSA) is 32.3 Å². The number of aromatic nitrogens is 2. The Labute approximate surface area is 127 Å². The summed E-state index contributed by atoms with van der Waals surface area (Å²) >= 11 is 3.48. The van der Waals surface area contributed by atoms with Gasteiger partial charge in [0.2, 0.25) is 5.95 Å². The van der Waals surface area contributed by atoms with Crippen LogP contribution in [0.25, 0.3) is 10.9 Å². The standard InChI is InChI=1S/C15H19BrN4/c1-19(2)13-5-7-20(8-6-13)15-17-10-11-9-12(16)3-4-14(11)18-15/h3-4,9-10,13H,5-8H2,1-2H3. The molecule has 0 atom stereocenters. The highest BCUT2D eigenvalue weighted by molar-refractivity contribution is 9.10. The molecule has 0 amide bonds. The van der Waals surface area contributed by atoms with Crippen molar-refractivity contribution in [2.75, 3.05) is 32.1 Å². The number of piperidine rings is 1. The van der Waals surface area contributed by atoms with Crippen molar-refractivity contribution in [2.24, 2.45) is 0 Å². The summed E-state index contributed by atoms with van der Waals surface area (Å²) in [4.78, 5) is 13.8. The lowest BCUT2D eigenvalue weighted by atomic mass is 10.0. The minimum absolute atomic E-state index is 0.683. The molecule has 1 fully saturated rings. The van der Waals surface area contributed by atoms with Crippen LogP contribution in [-0.4, -0.2) is 48.1 Å². The highest BCUT2D eigenvalue weighted by atomic mass is 79.9. The second kappa shape index (κ2) is 5.66. The van der Waals surface area contributed by atoms with Crippen molar-refractivity contribution < 1.29 is 0 Å². The fraction of sp³-hybridized carbons (Fsp3) is 0.467. The molecular weight excluding hydrogens is 316 g/mol. The monoisotopic (exact) mass is 334 g/mol. The van der Waals surface area contributed by atoms with Crippen molar-refractivity contribution in [2.45, 2.75) is 18.9 Å². The summed E-state index contributed by atoms with van der Waals surface area (Å²) in [5, 5.41) is 1.08. The average Bonchev–Trinajstić information content (AvgIpc) is 2.47. The first-order valence-corrected chi connectivity index (χ1v) is 7.76. The Morgan fingerprint density at radius 2 is 2.00 bits per heavy atom. The number of nitrogens with zero attached hydrogens (tertiary/aromatic N) is 4. The maximum atomic E-state index is 4.69. The number of hydrogen-bond donors (Lipinski definition) is 0. The van der Waals surface area contributed by atoms with E-state index in [-0.39, 0.29) is 0 Å². The molecule has 0 spiro atoms. The molecule has 2 aromatic rings. The summed E-state index contributed by atoms with van der Waals surface area (Å²) in [6.45, 7) is 2.07. The molecule has 1 aromatic heterocycles. The molecule has 20 heavy (non-hydrogen) atoms. The molecule has 2 heterocycles. The van der Waals surface area contributed by atoms with E-state index in [9.17, 15) is 0 Å². The molecular formula is C15H19BrN4. The number of anilines is 1. The van der Waals surface area contributed by atoms with Crippen LogP contribution in [0.4, 0.5) is 5.95 Å². The van der Waals surface area contributed by atoms with Gasteiger partial charge in [-0.05, 0) is 45.1 Å². The van der Waals surface area contributed by atoms with E-state index < -0.39 is 0 Å². The number of benzene rings is 1. The van der Waals surface area contributed by atoms with Crippen LogP contribution in [0.5, 0.6) is 0 Å². The van der Waals surface area contributed by atoms with Gasteiger partial charge in [0, 0.05) is 35.2 Å². The molecule has 0 N–H and O–H groups in total.